The van der Waals surface area contributed by atoms with Gasteiger partial charge < -0.3 is 15.2 Å². The van der Waals surface area contributed by atoms with Gasteiger partial charge >= 0.3 is 5.97 Å². The second-order valence-corrected chi connectivity index (χ2v) is 4.54. The Bertz CT molecular complexity index is 666. The van der Waals surface area contributed by atoms with E-state index in [0.717, 1.165) is 5.56 Å². The zero-order chi connectivity index (χ0) is 15.4. The standard InChI is InChI=1S/C14H15N3O4/c1-8-4-3-5-10(6-8)21-9(2)13(18)15-12-7-11(14(19)20)16-17-12/h3-7,9H,1-2H3,(H,19,20)(H2,15,16,17,18). The second-order valence-electron chi connectivity index (χ2n) is 4.54. The summed E-state index contributed by atoms with van der Waals surface area (Å²) in [5.41, 5.74) is 0.927. The topological polar surface area (TPSA) is 104 Å². The van der Waals surface area contributed by atoms with E-state index >= 15 is 0 Å². The van der Waals surface area contributed by atoms with Crippen LogP contribution in [-0.4, -0.2) is 33.3 Å². The molecule has 0 radical (unpaired) electrons. The summed E-state index contributed by atoms with van der Waals surface area (Å²) in [6, 6.07) is 8.57. The highest BCUT2D eigenvalue weighted by molar-refractivity contribution is 5.94. The minimum Gasteiger partial charge on any atom is -0.481 e. The maximum Gasteiger partial charge on any atom is 0.353 e. The summed E-state index contributed by atoms with van der Waals surface area (Å²) >= 11 is 0. The molecular weight excluding hydrogens is 274 g/mol. The summed E-state index contributed by atoms with van der Waals surface area (Å²) in [6.07, 6.45) is -0.739. The minimum absolute atomic E-state index is 0.0995. The summed E-state index contributed by atoms with van der Waals surface area (Å²) in [7, 11) is 0. The number of aryl methyl sites for hydroxylation is 1. The molecule has 2 rings (SSSR count). The first-order chi connectivity index (χ1) is 9.95. The van der Waals surface area contributed by atoms with Crippen LogP contribution >= 0.6 is 0 Å². The Hall–Kier alpha value is -2.83. The molecule has 1 unspecified atom stereocenters. The van der Waals surface area contributed by atoms with Crippen LogP contribution in [0.15, 0.2) is 30.3 Å². The average Bonchev–Trinajstić information content (AvgIpc) is 2.87. The number of aromatic nitrogens is 2. The number of nitrogens with zero attached hydrogens (tertiary/aromatic N) is 1. The van der Waals surface area contributed by atoms with Gasteiger partial charge in [0.25, 0.3) is 5.91 Å². The van der Waals surface area contributed by atoms with Gasteiger partial charge in [0, 0.05) is 6.07 Å². The molecule has 7 heteroatoms. The predicted octanol–water partition coefficient (Wildman–Crippen LogP) is 1.82. The molecule has 0 saturated carbocycles. The van der Waals surface area contributed by atoms with Gasteiger partial charge in [-0.15, -0.1) is 0 Å². The molecule has 110 valence electrons. The number of carbonyl (C=O) groups excluding carboxylic acids is 1. The number of ether oxygens (including phenoxy) is 1. The van der Waals surface area contributed by atoms with Crippen LogP contribution in [0.1, 0.15) is 23.0 Å². The van der Waals surface area contributed by atoms with Crippen molar-refractivity contribution >= 4 is 17.7 Å². The van der Waals surface area contributed by atoms with Gasteiger partial charge in [-0.05, 0) is 31.5 Å². The molecule has 0 spiro atoms. The number of rotatable bonds is 5. The van der Waals surface area contributed by atoms with Crippen molar-refractivity contribution < 1.29 is 19.4 Å². The fourth-order valence-corrected chi connectivity index (χ4v) is 1.67. The van der Waals surface area contributed by atoms with Gasteiger partial charge in [0.15, 0.2) is 11.9 Å². The molecule has 1 amide bonds. The molecule has 1 heterocycles. The first kappa shape index (κ1) is 14.6. The quantitative estimate of drug-likeness (QED) is 0.778. The normalized spacial score (nSPS) is 11.7. The van der Waals surface area contributed by atoms with Crippen LogP contribution in [0.5, 0.6) is 5.75 Å². The summed E-state index contributed by atoms with van der Waals surface area (Å²) in [6.45, 7) is 3.52. The van der Waals surface area contributed by atoms with Crippen LogP contribution in [0.4, 0.5) is 5.82 Å². The van der Waals surface area contributed by atoms with Crippen molar-refractivity contribution in [1.29, 1.82) is 0 Å². The van der Waals surface area contributed by atoms with Crippen molar-refractivity contribution in [1.82, 2.24) is 10.2 Å². The van der Waals surface area contributed by atoms with E-state index in [2.05, 4.69) is 15.5 Å². The van der Waals surface area contributed by atoms with Crippen LogP contribution in [-0.2, 0) is 4.79 Å². The largest absolute Gasteiger partial charge is 0.481 e. The van der Waals surface area contributed by atoms with Gasteiger partial charge in [-0.25, -0.2) is 4.79 Å². The number of carboxylic acid groups (broad SMARTS) is 1. The molecule has 2 aromatic rings. The number of carboxylic acids is 1. The number of amides is 1. The van der Waals surface area contributed by atoms with E-state index in [1.165, 1.54) is 6.07 Å². The van der Waals surface area contributed by atoms with Crippen molar-refractivity contribution in [3.05, 3.63) is 41.6 Å². The summed E-state index contributed by atoms with van der Waals surface area (Å²) in [5, 5.41) is 17.2. The first-order valence-corrected chi connectivity index (χ1v) is 6.28. The molecule has 0 bridgehead atoms. The van der Waals surface area contributed by atoms with Gasteiger partial charge in [0.2, 0.25) is 0 Å². The predicted molar refractivity (Wildman–Crippen MR) is 75.4 cm³/mol. The molecule has 3 N–H and O–H groups in total. The number of anilines is 1. The van der Waals surface area contributed by atoms with E-state index in [0.29, 0.717) is 5.75 Å². The molecule has 0 fully saturated rings. The van der Waals surface area contributed by atoms with Crippen molar-refractivity contribution in [2.24, 2.45) is 0 Å². The van der Waals surface area contributed by atoms with Crippen LogP contribution in [0.2, 0.25) is 0 Å². The third-order valence-electron chi connectivity index (χ3n) is 2.73. The molecule has 7 nitrogen and oxygen atoms in total. The average molecular weight is 289 g/mol. The molecule has 1 aromatic carbocycles. The second kappa shape index (κ2) is 6.08. The van der Waals surface area contributed by atoms with Gasteiger partial charge in [0.05, 0.1) is 0 Å². The third kappa shape index (κ3) is 3.82. The zero-order valence-corrected chi connectivity index (χ0v) is 11.6. The summed E-state index contributed by atoms with van der Waals surface area (Å²) < 4.78 is 5.52. The Labute approximate surface area is 120 Å². The van der Waals surface area contributed by atoms with Crippen LogP contribution < -0.4 is 10.1 Å². The number of benzene rings is 1. The van der Waals surface area contributed by atoms with Crippen LogP contribution in [0, 0.1) is 6.92 Å². The van der Waals surface area contributed by atoms with E-state index < -0.39 is 18.0 Å². The van der Waals surface area contributed by atoms with Crippen molar-refractivity contribution in [2.75, 3.05) is 5.32 Å². The Kier molecular flexibility index (Phi) is 4.22. The number of hydrogen-bond donors (Lipinski definition) is 3. The molecule has 0 aliphatic rings. The van der Waals surface area contributed by atoms with Gasteiger partial charge in [-0.1, -0.05) is 12.1 Å². The van der Waals surface area contributed by atoms with E-state index in [-0.39, 0.29) is 11.5 Å². The minimum atomic E-state index is -1.15. The van der Waals surface area contributed by atoms with Crippen molar-refractivity contribution in [3.8, 4) is 5.75 Å². The van der Waals surface area contributed by atoms with E-state index in [9.17, 15) is 9.59 Å². The first-order valence-electron chi connectivity index (χ1n) is 6.28. The maximum absolute atomic E-state index is 11.9. The summed E-state index contributed by atoms with van der Waals surface area (Å²) in [4.78, 5) is 22.6. The molecular formula is C14H15N3O4. The highest BCUT2D eigenvalue weighted by Gasteiger charge is 2.17. The van der Waals surface area contributed by atoms with E-state index in [4.69, 9.17) is 9.84 Å². The van der Waals surface area contributed by atoms with Crippen LogP contribution in [0.25, 0.3) is 0 Å². The molecule has 1 atom stereocenters. The molecule has 0 aliphatic heterocycles. The lowest BCUT2D eigenvalue weighted by Crippen LogP contribution is -2.30. The lowest BCUT2D eigenvalue weighted by atomic mass is 10.2. The number of H-pyrrole nitrogens is 1. The maximum atomic E-state index is 11.9. The molecule has 1 aromatic heterocycles. The highest BCUT2D eigenvalue weighted by atomic mass is 16.5. The van der Waals surface area contributed by atoms with E-state index in [1.807, 2.05) is 25.1 Å². The lowest BCUT2D eigenvalue weighted by Gasteiger charge is -2.14. The van der Waals surface area contributed by atoms with Gasteiger partial charge in [-0.2, -0.15) is 5.10 Å². The number of aromatic carboxylic acids is 1. The number of carbonyl (C=O) groups is 2. The van der Waals surface area contributed by atoms with Crippen LogP contribution in [0.3, 0.4) is 0 Å². The smallest absolute Gasteiger partial charge is 0.353 e. The Morgan fingerprint density at radius 2 is 2.14 bits per heavy atom. The monoisotopic (exact) mass is 289 g/mol. The SMILES string of the molecule is Cc1cccc(OC(C)C(=O)Nc2cc(C(=O)O)[nH]n2)c1. The van der Waals surface area contributed by atoms with E-state index in [1.54, 1.807) is 13.0 Å². The van der Waals surface area contributed by atoms with Gasteiger partial charge in [0.1, 0.15) is 11.4 Å². The fraction of sp³-hybridized carbons (Fsp3) is 0.214. The van der Waals surface area contributed by atoms with Crippen molar-refractivity contribution in [2.45, 2.75) is 20.0 Å². The molecule has 0 aliphatic carbocycles. The molecule has 21 heavy (non-hydrogen) atoms. The number of nitrogens with one attached hydrogen (secondary N) is 2. The Balaban J connectivity index is 1.97. The third-order valence-corrected chi connectivity index (χ3v) is 2.73. The Morgan fingerprint density at radius 1 is 1.38 bits per heavy atom. The fourth-order valence-electron chi connectivity index (χ4n) is 1.67. The Morgan fingerprint density at radius 3 is 2.76 bits per heavy atom. The lowest BCUT2D eigenvalue weighted by molar-refractivity contribution is -0.122. The number of hydrogen-bond acceptors (Lipinski definition) is 4. The number of aromatic amines is 1. The van der Waals surface area contributed by atoms with Gasteiger partial charge in [-0.3, -0.25) is 9.89 Å². The molecule has 0 saturated heterocycles. The highest BCUT2D eigenvalue weighted by Crippen LogP contribution is 2.15. The zero-order valence-electron chi connectivity index (χ0n) is 11.6. The summed E-state index contributed by atoms with van der Waals surface area (Å²) in [5.74, 6) is -0.838. The van der Waals surface area contributed by atoms with Crippen molar-refractivity contribution in [3.63, 3.8) is 0 Å².